The Morgan fingerprint density at radius 1 is 1.59 bits per heavy atom. The SMILES string of the molecule is O=C(Nc1ccc2ocnc2c1)C1CSCN1. The van der Waals surface area contributed by atoms with Crippen LogP contribution in [-0.2, 0) is 4.79 Å². The Morgan fingerprint density at radius 3 is 3.35 bits per heavy atom. The number of hydrogen-bond donors (Lipinski definition) is 2. The van der Waals surface area contributed by atoms with E-state index in [0.29, 0.717) is 0 Å². The minimum Gasteiger partial charge on any atom is -0.443 e. The number of anilines is 1. The third-order valence-electron chi connectivity index (χ3n) is 2.63. The largest absolute Gasteiger partial charge is 0.443 e. The summed E-state index contributed by atoms with van der Waals surface area (Å²) in [5.74, 6) is 1.65. The molecule has 1 aromatic heterocycles. The summed E-state index contributed by atoms with van der Waals surface area (Å²) >= 11 is 1.73. The molecular weight excluding hydrogens is 238 g/mol. The fraction of sp³-hybridized carbons (Fsp3) is 0.273. The van der Waals surface area contributed by atoms with Gasteiger partial charge in [0.25, 0.3) is 0 Å². The van der Waals surface area contributed by atoms with E-state index in [1.165, 1.54) is 6.39 Å². The first kappa shape index (κ1) is 10.6. The lowest BCUT2D eigenvalue weighted by atomic mass is 10.2. The van der Waals surface area contributed by atoms with Gasteiger partial charge in [0.05, 0.1) is 6.04 Å². The summed E-state index contributed by atoms with van der Waals surface area (Å²) < 4.78 is 5.14. The molecule has 0 bridgehead atoms. The number of thioether (sulfide) groups is 1. The van der Waals surface area contributed by atoms with Gasteiger partial charge in [-0.1, -0.05) is 0 Å². The molecule has 17 heavy (non-hydrogen) atoms. The molecule has 0 spiro atoms. The van der Waals surface area contributed by atoms with Gasteiger partial charge in [0.1, 0.15) is 5.52 Å². The van der Waals surface area contributed by atoms with E-state index < -0.39 is 0 Å². The molecule has 1 aliphatic heterocycles. The van der Waals surface area contributed by atoms with Gasteiger partial charge in [0, 0.05) is 17.3 Å². The van der Waals surface area contributed by atoms with Crippen molar-refractivity contribution in [1.82, 2.24) is 10.3 Å². The van der Waals surface area contributed by atoms with Crippen molar-refractivity contribution < 1.29 is 9.21 Å². The van der Waals surface area contributed by atoms with Gasteiger partial charge < -0.3 is 9.73 Å². The Bertz CT molecular complexity index is 548. The van der Waals surface area contributed by atoms with Crippen LogP contribution in [0.3, 0.4) is 0 Å². The van der Waals surface area contributed by atoms with E-state index in [-0.39, 0.29) is 11.9 Å². The normalized spacial score (nSPS) is 19.6. The van der Waals surface area contributed by atoms with Crippen LogP contribution in [0.4, 0.5) is 5.69 Å². The van der Waals surface area contributed by atoms with Crippen molar-refractivity contribution in [3.63, 3.8) is 0 Å². The van der Waals surface area contributed by atoms with Crippen molar-refractivity contribution in [2.24, 2.45) is 0 Å². The number of rotatable bonds is 2. The molecule has 2 heterocycles. The van der Waals surface area contributed by atoms with Crippen molar-refractivity contribution in [2.75, 3.05) is 16.9 Å². The van der Waals surface area contributed by atoms with Crippen molar-refractivity contribution in [3.05, 3.63) is 24.6 Å². The van der Waals surface area contributed by atoms with Gasteiger partial charge >= 0.3 is 0 Å². The molecule has 0 radical (unpaired) electrons. The maximum atomic E-state index is 11.9. The fourth-order valence-electron chi connectivity index (χ4n) is 1.73. The van der Waals surface area contributed by atoms with Gasteiger partial charge in [-0.3, -0.25) is 10.1 Å². The maximum absolute atomic E-state index is 11.9. The van der Waals surface area contributed by atoms with Crippen molar-refractivity contribution in [3.8, 4) is 0 Å². The quantitative estimate of drug-likeness (QED) is 0.842. The van der Waals surface area contributed by atoms with E-state index in [2.05, 4.69) is 15.6 Å². The number of hydrogen-bond acceptors (Lipinski definition) is 5. The molecule has 1 amide bonds. The second kappa shape index (κ2) is 4.38. The second-order valence-electron chi connectivity index (χ2n) is 3.80. The highest BCUT2D eigenvalue weighted by molar-refractivity contribution is 7.99. The first-order valence-electron chi connectivity index (χ1n) is 5.28. The molecule has 2 aromatic rings. The standard InChI is InChI=1S/C11H11N3O2S/c15-11(9-4-17-6-13-9)14-7-1-2-10-8(3-7)12-5-16-10/h1-3,5,9,13H,4,6H2,(H,14,15). The zero-order chi connectivity index (χ0) is 11.7. The monoisotopic (exact) mass is 249 g/mol. The summed E-state index contributed by atoms with van der Waals surface area (Å²) in [5.41, 5.74) is 2.21. The number of benzene rings is 1. The lowest BCUT2D eigenvalue weighted by Crippen LogP contribution is -2.37. The Balaban J connectivity index is 1.77. The van der Waals surface area contributed by atoms with E-state index in [0.717, 1.165) is 28.4 Å². The maximum Gasteiger partial charge on any atom is 0.242 e. The molecule has 0 aliphatic carbocycles. The van der Waals surface area contributed by atoms with Crippen LogP contribution in [-0.4, -0.2) is 28.6 Å². The van der Waals surface area contributed by atoms with E-state index in [1.807, 2.05) is 6.07 Å². The number of nitrogens with zero attached hydrogens (tertiary/aromatic N) is 1. The van der Waals surface area contributed by atoms with E-state index in [1.54, 1.807) is 23.9 Å². The van der Waals surface area contributed by atoms with Gasteiger partial charge in [0.2, 0.25) is 5.91 Å². The summed E-state index contributed by atoms with van der Waals surface area (Å²) in [6.07, 6.45) is 1.39. The molecule has 1 atom stereocenters. The summed E-state index contributed by atoms with van der Waals surface area (Å²) in [4.78, 5) is 15.9. The number of carbonyl (C=O) groups is 1. The second-order valence-corrected chi connectivity index (χ2v) is 4.83. The van der Waals surface area contributed by atoms with E-state index in [4.69, 9.17) is 4.42 Å². The molecule has 2 N–H and O–H groups in total. The zero-order valence-electron chi connectivity index (χ0n) is 8.97. The summed E-state index contributed by atoms with van der Waals surface area (Å²) in [6, 6.07) is 5.31. The molecule has 88 valence electrons. The molecule has 1 aliphatic rings. The Labute approximate surface area is 102 Å². The number of carbonyl (C=O) groups excluding carboxylic acids is 1. The van der Waals surface area contributed by atoms with Crippen LogP contribution < -0.4 is 10.6 Å². The number of aromatic nitrogens is 1. The highest BCUT2D eigenvalue weighted by atomic mass is 32.2. The highest BCUT2D eigenvalue weighted by Crippen LogP contribution is 2.18. The third-order valence-corrected chi connectivity index (χ3v) is 3.57. The molecule has 3 rings (SSSR count). The zero-order valence-corrected chi connectivity index (χ0v) is 9.79. The fourth-order valence-corrected chi connectivity index (χ4v) is 2.67. The summed E-state index contributed by atoms with van der Waals surface area (Å²) in [6.45, 7) is 0. The van der Waals surface area contributed by atoms with Crippen LogP contribution in [0.5, 0.6) is 0 Å². The third kappa shape index (κ3) is 2.13. The molecule has 5 nitrogen and oxygen atoms in total. The van der Waals surface area contributed by atoms with Gasteiger partial charge in [0.15, 0.2) is 12.0 Å². The molecule has 6 heteroatoms. The molecule has 0 saturated carbocycles. The average Bonchev–Trinajstić information content (AvgIpc) is 2.99. The number of amides is 1. The smallest absolute Gasteiger partial charge is 0.242 e. The molecule has 1 aromatic carbocycles. The van der Waals surface area contributed by atoms with Crippen LogP contribution in [0.1, 0.15) is 0 Å². The Morgan fingerprint density at radius 2 is 2.53 bits per heavy atom. The molecular formula is C11H11N3O2S. The molecule has 1 saturated heterocycles. The number of oxazole rings is 1. The molecule has 1 unspecified atom stereocenters. The highest BCUT2D eigenvalue weighted by Gasteiger charge is 2.22. The first-order valence-corrected chi connectivity index (χ1v) is 6.43. The van der Waals surface area contributed by atoms with Crippen LogP contribution in [0.2, 0.25) is 0 Å². The topological polar surface area (TPSA) is 67.2 Å². The minimum atomic E-state index is -0.104. The van der Waals surface area contributed by atoms with Crippen LogP contribution in [0.15, 0.2) is 29.0 Å². The minimum absolute atomic E-state index is 0.00200. The predicted molar refractivity (Wildman–Crippen MR) is 66.9 cm³/mol. The summed E-state index contributed by atoms with van der Waals surface area (Å²) in [5, 5.41) is 5.99. The van der Waals surface area contributed by atoms with Gasteiger partial charge in [-0.15, -0.1) is 11.8 Å². The number of fused-ring (bicyclic) bond motifs is 1. The van der Waals surface area contributed by atoms with Gasteiger partial charge in [-0.2, -0.15) is 0 Å². The predicted octanol–water partition coefficient (Wildman–Crippen LogP) is 1.43. The van der Waals surface area contributed by atoms with Gasteiger partial charge in [-0.05, 0) is 18.2 Å². The van der Waals surface area contributed by atoms with Crippen molar-refractivity contribution in [2.45, 2.75) is 6.04 Å². The van der Waals surface area contributed by atoms with Crippen LogP contribution in [0, 0.1) is 0 Å². The van der Waals surface area contributed by atoms with Gasteiger partial charge in [-0.25, -0.2) is 4.98 Å². The first-order chi connectivity index (χ1) is 8.33. The molecule has 1 fully saturated rings. The van der Waals surface area contributed by atoms with Crippen molar-refractivity contribution in [1.29, 1.82) is 0 Å². The lowest BCUT2D eigenvalue weighted by Gasteiger charge is -2.10. The van der Waals surface area contributed by atoms with E-state index in [9.17, 15) is 4.79 Å². The van der Waals surface area contributed by atoms with Crippen molar-refractivity contribution >= 4 is 34.5 Å². The Hall–Kier alpha value is -1.53. The average molecular weight is 249 g/mol. The summed E-state index contributed by atoms with van der Waals surface area (Å²) in [7, 11) is 0. The lowest BCUT2D eigenvalue weighted by molar-refractivity contribution is -0.117. The van der Waals surface area contributed by atoms with Crippen LogP contribution in [0.25, 0.3) is 11.1 Å². The Kier molecular flexibility index (Phi) is 2.74. The number of nitrogens with one attached hydrogen (secondary N) is 2. The van der Waals surface area contributed by atoms with Crippen LogP contribution >= 0.6 is 11.8 Å². The van der Waals surface area contributed by atoms with E-state index >= 15 is 0 Å².